The fraction of sp³-hybridized carbons (Fsp3) is 0.400. The molecule has 0 bridgehead atoms. The van der Waals surface area contributed by atoms with Crippen LogP contribution in [-0.4, -0.2) is 52.1 Å². The van der Waals surface area contributed by atoms with Gasteiger partial charge in [-0.2, -0.15) is 0 Å². The molecule has 0 saturated carbocycles. The molecule has 2 aromatic rings. The maximum absolute atomic E-state index is 12.7. The van der Waals surface area contributed by atoms with Crippen molar-refractivity contribution in [2.24, 2.45) is 0 Å². The first-order valence-electron chi connectivity index (χ1n) is 8.78. The van der Waals surface area contributed by atoms with E-state index >= 15 is 0 Å². The monoisotopic (exact) mass is 355 g/mol. The minimum absolute atomic E-state index is 0.00644. The van der Waals surface area contributed by atoms with E-state index in [9.17, 15) is 4.79 Å². The summed E-state index contributed by atoms with van der Waals surface area (Å²) >= 11 is 1.72. The van der Waals surface area contributed by atoms with Gasteiger partial charge in [-0.05, 0) is 30.2 Å². The number of piperazine rings is 1. The van der Waals surface area contributed by atoms with Crippen LogP contribution in [0.15, 0.2) is 54.9 Å². The molecule has 1 fully saturated rings. The lowest BCUT2D eigenvalue weighted by atomic mass is 10.2. The van der Waals surface area contributed by atoms with Gasteiger partial charge in [0.25, 0.3) is 0 Å². The zero-order chi connectivity index (χ0) is 17.5. The van der Waals surface area contributed by atoms with Gasteiger partial charge >= 0.3 is 0 Å². The molecule has 1 aliphatic rings. The molecule has 0 N–H and O–H groups in total. The lowest BCUT2D eigenvalue weighted by molar-refractivity contribution is -0.132. The zero-order valence-corrected chi connectivity index (χ0v) is 15.5. The highest BCUT2D eigenvalue weighted by Crippen LogP contribution is 2.20. The summed E-state index contributed by atoms with van der Waals surface area (Å²) in [4.78, 5) is 21.1. The van der Waals surface area contributed by atoms with Crippen molar-refractivity contribution >= 4 is 17.7 Å². The molecule has 0 spiro atoms. The summed E-state index contributed by atoms with van der Waals surface area (Å²) in [6, 6.07) is 14.5. The molecule has 25 heavy (non-hydrogen) atoms. The van der Waals surface area contributed by atoms with Gasteiger partial charge in [-0.1, -0.05) is 30.3 Å². The maximum atomic E-state index is 12.7. The van der Waals surface area contributed by atoms with Crippen molar-refractivity contribution in [3.05, 3.63) is 66.0 Å². The van der Waals surface area contributed by atoms with E-state index in [-0.39, 0.29) is 11.2 Å². The van der Waals surface area contributed by atoms with Crippen LogP contribution < -0.4 is 0 Å². The average molecular weight is 356 g/mol. The third-order valence-electron chi connectivity index (χ3n) is 4.53. The molecule has 1 atom stereocenters. The molecule has 1 aliphatic heterocycles. The number of benzene rings is 1. The highest BCUT2D eigenvalue weighted by Gasteiger charge is 2.25. The predicted molar refractivity (Wildman–Crippen MR) is 103 cm³/mol. The van der Waals surface area contributed by atoms with Crippen LogP contribution in [0.25, 0.3) is 0 Å². The Kier molecular flexibility index (Phi) is 6.48. The predicted octanol–water partition coefficient (Wildman–Crippen LogP) is 3.05. The van der Waals surface area contributed by atoms with E-state index in [1.165, 1.54) is 11.1 Å². The molecule has 0 aliphatic carbocycles. The first-order valence-corrected chi connectivity index (χ1v) is 9.83. The van der Waals surface area contributed by atoms with Crippen LogP contribution >= 0.6 is 11.8 Å². The molecule has 0 radical (unpaired) electrons. The summed E-state index contributed by atoms with van der Waals surface area (Å²) in [6.07, 6.45) is 3.67. The second-order valence-electron chi connectivity index (χ2n) is 6.40. The number of hydrogen-bond acceptors (Lipinski definition) is 4. The Labute approximate surface area is 154 Å². The zero-order valence-electron chi connectivity index (χ0n) is 14.7. The molecule has 1 aromatic carbocycles. The van der Waals surface area contributed by atoms with Crippen molar-refractivity contribution in [3.63, 3.8) is 0 Å². The van der Waals surface area contributed by atoms with E-state index in [0.29, 0.717) is 0 Å². The van der Waals surface area contributed by atoms with E-state index < -0.39 is 0 Å². The first kappa shape index (κ1) is 18.0. The fourth-order valence-corrected chi connectivity index (χ4v) is 3.92. The van der Waals surface area contributed by atoms with Crippen molar-refractivity contribution in [1.29, 1.82) is 0 Å². The Morgan fingerprint density at radius 3 is 2.40 bits per heavy atom. The van der Waals surface area contributed by atoms with Crippen LogP contribution in [0, 0.1) is 0 Å². The van der Waals surface area contributed by atoms with E-state index in [4.69, 9.17) is 0 Å². The van der Waals surface area contributed by atoms with Crippen LogP contribution in [0.4, 0.5) is 0 Å². The van der Waals surface area contributed by atoms with Gasteiger partial charge < -0.3 is 4.90 Å². The highest BCUT2D eigenvalue weighted by molar-refractivity contribution is 7.99. The Morgan fingerprint density at radius 2 is 1.72 bits per heavy atom. The van der Waals surface area contributed by atoms with Gasteiger partial charge in [0.15, 0.2) is 0 Å². The summed E-state index contributed by atoms with van der Waals surface area (Å²) in [5.74, 6) is 1.15. The number of rotatable bonds is 6. The second kappa shape index (κ2) is 9.02. The molecule has 4 nitrogen and oxygen atoms in total. The van der Waals surface area contributed by atoms with Gasteiger partial charge in [0.1, 0.15) is 0 Å². The Morgan fingerprint density at radius 1 is 1.04 bits per heavy atom. The molecule has 132 valence electrons. The Balaban J connectivity index is 1.43. The topological polar surface area (TPSA) is 36.4 Å². The van der Waals surface area contributed by atoms with Crippen molar-refractivity contribution in [1.82, 2.24) is 14.8 Å². The van der Waals surface area contributed by atoms with E-state index in [1.54, 1.807) is 11.8 Å². The lowest BCUT2D eigenvalue weighted by Gasteiger charge is -2.35. The number of carbonyl (C=O) groups is 1. The molecular weight excluding hydrogens is 330 g/mol. The van der Waals surface area contributed by atoms with Gasteiger partial charge in [0.2, 0.25) is 5.91 Å². The maximum Gasteiger partial charge on any atom is 0.235 e. The minimum Gasteiger partial charge on any atom is -0.339 e. The number of thioether (sulfide) groups is 1. The third kappa shape index (κ3) is 5.31. The summed E-state index contributed by atoms with van der Waals surface area (Å²) in [6.45, 7) is 6.47. The van der Waals surface area contributed by atoms with Crippen molar-refractivity contribution < 1.29 is 4.79 Å². The smallest absolute Gasteiger partial charge is 0.235 e. The van der Waals surface area contributed by atoms with Crippen LogP contribution in [0.3, 0.4) is 0 Å². The summed E-state index contributed by atoms with van der Waals surface area (Å²) in [7, 11) is 0. The average Bonchev–Trinajstić information content (AvgIpc) is 2.68. The summed E-state index contributed by atoms with van der Waals surface area (Å²) < 4.78 is 0. The van der Waals surface area contributed by atoms with Crippen LogP contribution in [0.2, 0.25) is 0 Å². The van der Waals surface area contributed by atoms with Gasteiger partial charge in [0, 0.05) is 50.9 Å². The molecule has 5 heteroatoms. The number of carbonyl (C=O) groups excluding carboxylic acids is 1. The molecule has 1 saturated heterocycles. The van der Waals surface area contributed by atoms with E-state index in [1.807, 2.05) is 42.4 Å². The number of aromatic nitrogens is 1. The quantitative estimate of drug-likeness (QED) is 0.798. The SMILES string of the molecule is CC(SCc1ccccc1)C(=O)N1CCN(Cc2ccncc2)CC1. The fourth-order valence-electron chi connectivity index (χ4n) is 3.00. The van der Waals surface area contributed by atoms with Gasteiger partial charge in [0.05, 0.1) is 5.25 Å². The molecule has 1 amide bonds. The summed E-state index contributed by atoms with van der Waals surface area (Å²) in [5.41, 5.74) is 2.55. The number of amides is 1. The summed E-state index contributed by atoms with van der Waals surface area (Å²) in [5, 5.41) is 0.00644. The standard InChI is InChI=1S/C20H25N3OS/c1-17(25-16-19-5-3-2-4-6-19)20(24)23-13-11-22(12-14-23)15-18-7-9-21-10-8-18/h2-10,17H,11-16H2,1H3. The van der Waals surface area contributed by atoms with Gasteiger partial charge in [-0.3, -0.25) is 14.7 Å². The van der Waals surface area contributed by atoms with Crippen LogP contribution in [-0.2, 0) is 17.1 Å². The third-order valence-corrected chi connectivity index (χ3v) is 5.73. The number of hydrogen-bond donors (Lipinski definition) is 0. The van der Waals surface area contributed by atoms with Crippen molar-refractivity contribution in [2.45, 2.75) is 24.5 Å². The molecule has 3 rings (SSSR count). The highest BCUT2D eigenvalue weighted by atomic mass is 32.2. The van der Waals surface area contributed by atoms with E-state index in [0.717, 1.165) is 38.5 Å². The van der Waals surface area contributed by atoms with Crippen LogP contribution in [0.1, 0.15) is 18.1 Å². The van der Waals surface area contributed by atoms with Gasteiger partial charge in [-0.25, -0.2) is 0 Å². The lowest BCUT2D eigenvalue weighted by Crippen LogP contribution is -2.50. The Hall–Kier alpha value is -1.85. The Bertz CT molecular complexity index is 657. The molecular formula is C20H25N3OS. The first-order chi connectivity index (χ1) is 12.2. The van der Waals surface area contributed by atoms with E-state index in [2.05, 4.69) is 34.1 Å². The van der Waals surface area contributed by atoms with Crippen molar-refractivity contribution in [3.8, 4) is 0 Å². The normalized spacial score (nSPS) is 16.6. The molecule has 2 heterocycles. The molecule has 1 unspecified atom stereocenters. The second-order valence-corrected chi connectivity index (χ2v) is 7.72. The minimum atomic E-state index is 0.00644. The van der Waals surface area contributed by atoms with Crippen LogP contribution in [0.5, 0.6) is 0 Å². The van der Waals surface area contributed by atoms with Gasteiger partial charge in [-0.15, -0.1) is 11.8 Å². The molecule has 1 aromatic heterocycles. The van der Waals surface area contributed by atoms with Crippen molar-refractivity contribution in [2.75, 3.05) is 26.2 Å². The largest absolute Gasteiger partial charge is 0.339 e. The number of nitrogens with zero attached hydrogens (tertiary/aromatic N) is 3. The number of pyridine rings is 1.